The Morgan fingerprint density at radius 3 is 2.93 bits per heavy atom. The van der Waals surface area contributed by atoms with Gasteiger partial charge < -0.3 is 15.3 Å². The third-order valence-electron chi connectivity index (χ3n) is 2.56. The molecular weight excluding hydrogens is 180 g/mol. The van der Waals surface area contributed by atoms with Crippen LogP contribution in [0, 0.1) is 5.92 Å². The van der Waals surface area contributed by atoms with E-state index in [1.54, 1.807) is 4.90 Å². The molecule has 1 aliphatic heterocycles. The highest BCUT2D eigenvalue weighted by atomic mass is 16.4. The molecule has 0 aromatic heterocycles. The number of nitrogens with one attached hydrogen (secondary N) is 1. The Morgan fingerprint density at radius 2 is 2.36 bits per heavy atom. The Labute approximate surface area is 85.3 Å². The van der Waals surface area contributed by atoms with E-state index in [2.05, 4.69) is 19.2 Å². The van der Waals surface area contributed by atoms with E-state index in [1.165, 1.54) is 0 Å². The van der Waals surface area contributed by atoms with E-state index in [0.29, 0.717) is 12.5 Å². The van der Waals surface area contributed by atoms with Crippen molar-refractivity contribution in [3.8, 4) is 0 Å². The van der Waals surface area contributed by atoms with Crippen molar-refractivity contribution in [2.45, 2.75) is 32.7 Å². The summed E-state index contributed by atoms with van der Waals surface area (Å²) in [5.74, 6) is 0.620. The lowest BCUT2D eigenvalue weighted by Gasteiger charge is -2.22. The Kier molecular flexibility index (Phi) is 4.20. The molecule has 0 unspecified atom stereocenters. The molecule has 1 atom stereocenters. The maximum atomic E-state index is 10.8. The molecular formula is C10H20N2O2. The number of nitrogens with zero attached hydrogens (tertiary/aromatic N) is 1. The fourth-order valence-corrected chi connectivity index (χ4v) is 1.84. The first-order chi connectivity index (χ1) is 6.61. The van der Waals surface area contributed by atoms with E-state index < -0.39 is 6.09 Å². The third kappa shape index (κ3) is 3.18. The number of hydrogen-bond acceptors (Lipinski definition) is 2. The van der Waals surface area contributed by atoms with Crippen LogP contribution in [0.5, 0.6) is 0 Å². The van der Waals surface area contributed by atoms with Crippen molar-refractivity contribution < 1.29 is 9.90 Å². The van der Waals surface area contributed by atoms with E-state index in [0.717, 1.165) is 25.9 Å². The molecule has 0 aliphatic carbocycles. The minimum atomic E-state index is -0.779. The average Bonchev–Trinajstić information content (AvgIpc) is 2.51. The van der Waals surface area contributed by atoms with Gasteiger partial charge in [-0.05, 0) is 25.3 Å². The van der Waals surface area contributed by atoms with Crippen LogP contribution in [0.4, 0.5) is 4.79 Å². The van der Waals surface area contributed by atoms with Crippen molar-refractivity contribution in [1.82, 2.24) is 10.2 Å². The molecule has 82 valence electrons. The second kappa shape index (κ2) is 5.20. The molecule has 14 heavy (non-hydrogen) atoms. The Balaban J connectivity index is 2.26. The quantitative estimate of drug-likeness (QED) is 0.720. The van der Waals surface area contributed by atoms with Gasteiger partial charge in [0, 0.05) is 19.1 Å². The van der Waals surface area contributed by atoms with Crippen molar-refractivity contribution in [2.75, 3.05) is 19.6 Å². The lowest BCUT2D eigenvalue weighted by Crippen LogP contribution is -2.41. The number of carboxylic acid groups (broad SMARTS) is 1. The Morgan fingerprint density at radius 1 is 1.64 bits per heavy atom. The van der Waals surface area contributed by atoms with Gasteiger partial charge >= 0.3 is 6.09 Å². The molecule has 1 fully saturated rings. The number of hydrogen-bond donors (Lipinski definition) is 2. The van der Waals surface area contributed by atoms with Gasteiger partial charge in [-0.2, -0.15) is 0 Å². The predicted molar refractivity (Wildman–Crippen MR) is 55.5 cm³/mol. The van der Waals surface area contributed by atoms with E-state index in [4.69, 9.17) is 5.11 Å². The Hall–Kier alpha value is -0.770. The van der Waals surface area contributed by atoms with Crippen LogP contribution in [0.3, 0.4) is 0 Å². The second-order valence-electron chi connectivity index (χ2n) is 4.32. The van der Waals surface area contributed by atoms with E-state index >= 15 is 0 Å². The minimum absolute atomic E-state index is 0.186. The van der Waals surface area contributed by atoms with Crippen LogP contribution >= 0.6 is 0 Å². The molecule has 4 nitrogen and oxygen atoms in total. The van der Waals surface area contributed by atoms with Gasteiger partial charge in [0.25, 0.3) is 0 Å². The summed E-state index contributed by atoms with van der Waals surface area (Å²) < 4.78 is 0. The zero-order valence-electron chi connectivity index (χ0n) is 8.99. The van der Waals surface area contributed by atoms with Gasteiger partial charge in [0.15, 0.2) is 0 Å². The molecule has 1 aliphatic rings. The highest BCUT2D eigenvalue weighted by Crippen LogP contribution is 2.16. The highest BCUT2D eigenvalue weighted by Gasteiger charge is 2.27. The topological polar surface area (TPSA) is 52.6 Å². The summed E-state index contributed by atoms with van der Waals surface area (Å²) in [6.45, 7) is 6.75. The van der Waals surface area contributed by atoms with Gasteiger partial charge in [-0.25, -0.2) is 4.79 Å². The zero-order chi connectivity index (χ0) is 10.6. The monoisotopic (exact) mass is 200 g/mol. The van der Waals surface area contributed by atoms with Gasteiger partial charge in [-0.15, -0.1) is 0 Å². The van der Waals surface area contributed by atoms with Gasteiger partial charge in [-0.1, -0.05) is 13.8 Å². The Bertz CT molecular complexity index is 195. The lowest BCUT2D eigenvalue weighted by atomic mass is 10.2. The molecule has 4 heteroatoms. The number of likely N-dealkylation sites (tertiary alicyclic amines) is 1. The van der Waals surface area contributed by atoms with E-state index in [1.807, 2.05) is 0 Å². The molecule has 0 aromatic carbocycles. The van der Waals surface area contributed by atoms with Crippen molar-refractivity contribution >= 4 is 6.09 Å². The van der Waals surface area contributed by atoms with Crippen LogP contribution in [0.25, 0.3) is 0 Å². The molecule has 0 spiro atoms. The van der Waals surface area contributed by atoms with Gasteiger partial charge in [0.05, 0.1) is 0 Å². The smallest absolute Gasteiger partial charge is 0.407 e. The first kappa shape index (κ1) is 11.3. The molecule has 2 N–H and O–H groups in total. The largest absolute Gasteiger partial charge is 0.465 e. The second-order valence-corrected chi connectivity index (χ2v) is 4.32. The van der Waals surface area contributed by atoms with Crippen molar-refractivity contribution in [2.24, 2.45) is 5.92 Å². The SMILES string of the molecule is CC(C)CNC[C@@H]1CCCN1C(=O)O. The fourth-order valence-electron chi connectivity index (χ4n) is 1.84. The van der Waals surface area contributed by atoms with Gasteiger partial charge in [0.2, 0.25) is 0 Å². The summed E-state index contributed by atoms with van der Waals surface area (Å²) in [5, 5.41) is 12.2. The van der Waals surface area contributed by atoms with E-state index in [-0.39, 0.29) is 6.04 Å². The first-order valence-electron chi connectivity index (χ1n) is 5.31. The molecule has 0 saturated carbocycles. The standard InChI is InChI=1S/C10H20N2O2/c1-8(2)6-11-7-9-4-3-5-12(9)10(13)14/h8-9,11H,3-7H2,1-2H3,(H,13,14)/t9-/m0/s1. The van der Waals surface area contributed by atoms with Crippen molar-refractivity contribution in [3.63, 3.8) is 0 Å². The third-order valence-corrected chi connectivity index (χ3v) is 2.56. The van der Waals surface area contributed by atoms with Crippen LogP contribution in [0.1, 0.15) is 26.7 Å². The average molecular weight is 200 g/mol. The maximum absolute atomic E-state index is 10.8. The highest BCUT2D eigenvalue weighted by molar-refractivity contribution is 5.65. The first-order valence-corrected chi connectivity index (χ1v) is 5.31. The van der Waals surface area contributed by atoms with Crippen LogP contribution in [0.15, 0.2) is 0 Å². The summed E-state index contributed by atoms with van der Waals surface area (Å²) >= 11 is 0. The minimum Gasteiger partial charge on any atom is -0.465 e. The fraction of sp³-hybridized carbons (Fsp3) is 0.900. The summed E-state index contributed by atoms with van der Waals surface area (Å²) in [7, 11) is 0. The van der Waals surface area contributed by atoms with Crippen LogP contribution < -0.4 is 5.32 Å². The normalized spacial score (nSPS) is 21.9. The molecule has 1 amide bonds. The molecule has 1 saturated heterocycles. The summed E-state index contributed by atoms with van der Waals surface area (Å²) in [6.07, 6.45) is 1.22. The number of carbonyl (C=O) groups is 1. The lowest BCUT2D eigenvalue weighted by molar-refractivity contribution is 0.139. The van der Waals surface area contributed by atoms with Crippen molar-refractivity contribution in [1.29, 1.82) is 0 Å². The molecule has 0 radical (unpaired) electrons. The van der Waals surface area contributed by atoms with Crippen LogP contribution in [-0.2, 0) is 0 Å². The number of amides is 1. The zero-order valence-corrected chi connectivity index (χ0v) is 8.99. The molecule has 0 aromatic rings. The van der Waals surface area contributed by atoms with E-state index in [9.17, 15) is 4.79 Å². The van der Waals surface area contributed by atoms with Crippen molar-refractivity contribution in [3.05, 3.63) is 0 Å². The van der Waals surface area contributed by atoms with Crippen LogP contribution in [0.2, 0.25) is 0 Å². The summed E-state index contributed by atoms with van der Waals surface area (Å²) in [6, 6.07) is 0.186. The number of rotatable bonds is 4. The maximum Gasteiger partial charge on any atom is 0.407 e. The molecule has 1 heterocycles. The van der Waals surface area contributed by atoms with Crippen LogP contribution in [-0.4, -0.2) is 41.8 Å². The molecule has 1 rings (SSSR count). The summed E-state index contributed by atoms with van der Waals surface area (Å²) in [4.78, 5) is 12.4. The molecule has 0 bridgehead atoms. The summed E-state index contributed by atoms with van der Waals surface area (Å²) in [5.41, 5.74) is 0. The van der Waals surface area contributed by atoms with Gasteiger partial charge in [-0.3, -0.25) is 0 Å². The predicted octanol–water partition coefficient (Wildman–Crippen LogP) is 1.37. The van der Waals surface area contributed by atoms with Gasteiger partial charge in [0.1, 0.15) is 0 Å².